The Morgan fingerprint density at radius 1 is 1.44 bits per heavy atom. The van der Waals surface area contributed by atoms with Gasteiger partial charge in [-0.05, 0) is 17.7 Å². The summed E-state index contributed by atoms with van der Waals surface area (Å²) in [5.74, 6) is -3.17. The molecule has 1 aromatic carbocycles. The van der Waals surface area contributed by atoms with E-state index in [-0.39, 0.29) is 12.1 Å². The summed E-state index contributed by atoms with van der Waals surface area (Å²) in [6.45, 7) is 3.26. The van der Waals surface area contributed by atoms with E-state index in [0.717, 1.165) is 6.07 Å². The molecule has 3 nitrogen and oxygen atoms in total. The standard InChI is InChI=1S/C11H13F2NO2/c1-11(2,5-9(15)16)6-3-7(12)10(13)8(14)4-6/h3-4H,5,14H2,1-2H3,(H,15,16). The van der Waals surface area contributed by atoms with Gasteiger partial charge in [-0.1, -0.05) is 13.8 Å². The Labute approximate surface area is 91.9 Å². The van der Waals surface area contributed by atoms with E-state index in [0.29, 0.717) is 5.56 Å². The molecule has 5 heteroatoms. The van der Waals surface area contributed by atoms with Crippen LogP contribution in [-0.4, -0.2) is 11.1 Å². The van der Waals surface area contributed by atoms with E-state index in [1.165, 1.54) is 6.07 Å². The van der Waals surface area contributed by atoms with Crippen LogP contribution in [0.15, 0.2) is 12.1 Å². The average Bonchev–Trinajstić information content (AvgIpc) is 2.11. The average molecular weight is 229 g/mol. The van der Waals surface area contributed by atoms with E-state index in [2.05, 4.69) is 0 Å². The van der Waals surface area contributed by atoms with Gasteiger partial charge < -0.3 is 10.8 Å². The van der Waals surface area contributed by atoms with Crippen LogP contribution < -0.4 is 5.73 Å². The number of halogens is 2. The van der Waals surface area contributed by atoms with Crippen LogP contribution >= 0.6 is 0 Å². The lowest BCUT2D eigenvalue weighted by molar-refractivity contribution is -0.138. The number of hydrogen-bond acceptors (Lipinski definition) is 2. The van der Waals surface area contributed by atoms with Crippen LogP contribution in [0.4, 0.5) is 14.5 Å². The summed E-state index contributed by atoms with van der Waals surface area (Å²) in [5.41, 5.74) is 4.54. The number of nitrogens with two attached hydrogens (primary N) is 1. The molecule has 0 aliphatic heterocycles. The highest BCUT2D eigenvalue weighted by Crippen LogP contribution is 2.30. The summed E-state index contributed by atoms with van der Waals surface area (Å²) in [6, 6.07) is 2.25. The van der Waals surface area contributed by atoms with Crippen molar-refractivity contribution in [2.75, 3.05) is 5.73 Å². The molecule has 0 fully saturated rings. The SMILES string of the molecule is CC(C)(CC(=O)O)c1cc(N)c(F)c(F)c1. The van der Waals surface area contributed by atoms with E-state index in [4.69, 9.17) is 10.8 Å². The third kappa shape index (κ3) is 2.48. The Balaban J connectivity index is 3.18. The lowest BCUT2D eigenvalue weighted by Gasteiger charge is -2.23. The Morgan fingerprint density at radius 3 is 2.44 bits per heavy atom. The minimum absolute atomic E-state index is 0.183. The Kier molecular flexibility index (Phi) is 3.16. The number of anilines is 1. The molecule has 0 amide bonds. The lowest BCUT2D eigenvalue weighted by atomic mass is 9.81. The third-order valence-corrected chi connectivity index (χ3v) is 2.43. The summed E-state index contributed by atoms with van der Waals surface area (Å²) in [7, 11) is 0. The molecule has 0 unspecified atom stereocenters. The molecule has 0 saturated heterocycles. The van der Waals surface area contributed by atoms with Gasteiger partial charge in [0.25, 0.3) is 0 Å². The number of carboxylic acids is 1. The van der Waals surface area contributed by atoms with Crippen molar-refractivity contribution in [1.29, 1.82) is 0 Å². The first kappa shape index (κ1) is 12.4. The van der Waals surface area contributed by atoms with Crippen molar-refractivity contribution in [2.45, 2.75) is 25.7 Å². The molecular formula is C11H13F2NO2. The molecule has 0 spiro atoms. The lowest BCUT2D eigenvalue weighted by Crippen LogP contribution is -2.22. The van der Waals surface area contributed by atoms with Crippen LogP contribution in [-0.2, 0) is 10.2 Å². The number of nitrogen functional groups attached to an aromatic ring is 1. The highest BCUT2D eigenvalue weighted by molar-refractivity contribution is 5.69. The van der Waals surface area contributed by atoms with Gasteiger partial charge in [-0.15, -0.1) is 0 Å². The second-order valence-corrected chi connectivity index (χ2v) is 4.32. The van der Waals surface area contributed by atoms with Crippen molar-refractivity contribution in [3.05, 3.63) is 29.3 Å². The van der Waals surface area contributed by atoms with Gasteiger partial charge in [0.05, 0.1) is 12.1 Å². The molecule has 3 N–H and O–H groups in total. The van der Waals surface area contributed by atoms with E-state index in [1.807, 2.05) is 0 Å². The zero-order chi connectivity index (χ0) is 12.5. The Bertz CT molecular complexity index is 407. The number of benzene rings is 1. The van der Waals surface area contributed by atoms with Crippen LogP contribution in [0.25, 0.3) is 0 Å². The number of rotatable bonds is 3. The van der Waals surface area contributed by atoms with E-state index >= 15 is 0 Å². The fourth-order valence-electron chi connectivity index (χ4n) is 1.48. The van der Waals surface area contributed by atoms with Crippen molar-refractivity contribution in [3.8, 4) is 0 Å². The molecular weight excluding hydrogens is 216 g/mol. The first-order valence-electron chi connectivity index (χ1n) is 4.71. The second-order valence-electron chi connectivity index (χ2n) is 4.32. The van der Waals surface area contributed by atoms with Crippen molar-refractivity contribution in [2.24, 2.45) is 0 Å². The predicted octanol–water partition coefficient (Wildman–Crippen LogP) is 2.30. The predicted molar refractivity (Wildman–Crippen MR) is 56.0 cm³/mol. The first-order chi connectivity index (χ1) is 7.24. The van der Waals surface area contributed by atoms with Gasteiger partial charge >= 0.3 is 5.97 Å². The zero-order valence-corrected chi connectivity index (χ0v) is 9.05. The van der Waals surface area contributed by atoms with Gasteiger partial charge in [0.15, 0.2) is 11.6 Å². The molecule has 1 aromatic rings. The van der Waals surface area contributed by atoms with Gasteiger partial charge in [0.1, 0.15) is 0 Å². The molecule has 0 radical (unpaired) electrons. The summed E-state index contributed by atoms with van der Waals surface area (Å²) in [4.78, 5) is 10.6. The maximum absolute atomic E-state index is 13.1. The second kappa shape index (κ2) is 4.08. The van der Waals surface area contributed by atoms with Crippen LogP contribution in [0, 0.1) is 11.6 Å². The number of carboxylic acid groups (broad SMARTS) is 1. The van der Waals surface area contributed by atoms with Crippen molar-refractivity contribution < 1.29 is 18.7 Å². The van der Waals surface area contributed by atoms with Gasteiger partial charge in [0, 0.05) is 5.41 Å². The molecule has 1 rings (SSSR count). The minimum atomic E-state index is -1.10. The molecule has 0 atom stereocenters. The largest absolute Gasteiger partial charge is 0.481 e. The maximum atomic E-state index is 13.1. The molecule has 0 heterocycles. The topological polar surface area (TPSA) is 63.3 Å². The smallest absolute Gasteiger partial charge is 0.304 e. The molecule has 16 heavy (non-hydrogen) atoms. The highest BCUT2D eigenvalue weighted by atomic mass is 19.2. The normalized spacial score (nSPS) is 11.5. The van der Waals surface area contributed by atoms with E-state index < -0.39 is 23.0 Å². The van der Waals surface area contributed by atoms with Crippen molar-refractivity contribution in [3.63, 3.8) is 0 Å². The fourth-order valence-corrected chi connectivity index (χ4v) is 1.48. The molecule has 0 bridgehead atoms. The Hall–Kier alpha value is -1.65. The molecule has 0 saturated carbocycles. The zero-order valence-electron chi connectivity index (χ0n) is 9.05. The fraction of sp³-hybridized carbons (Fsp3) is 0.364. The van der Waals surface area contributed by atoms with Gasteiger partial charge in [-0.3, -0.25) is 4.79 Å². The van der Waals surface area contributed by atoms with Crippen molar-refractivity contribution in [1.82, 2.24) is 0 Å². The van der Waals surface area contributed by atoms with Gasteiger partial charge in [-0.25, -0.2) is 8.78 Å². The quantitative estimate of drug-likeness (QED) is 0.781. The van der Waals surface area contributed by atoms with Gasteiger partial charge in [-0.2, -0.15) is 0 Å². The summed E-state index contributed by atoms with van der Waals surface area (Å²) < 4.78 is 26.1. The molecule has 0 aliphatic carbocycles. The number of carbonyl (C=O) groups is 1. The molecule has 0 aromatic heterocycles. The highest BCUT2D eigenvalue weighted by Gasteiger charge is 2.26. The summed E-state index contributed by atoms with van der Waals surface area (Å²) in [5, 5.41) is 8.70. The minimum Gasteiger partial charge on any atom is -0.481 e. The third-order valence-electron chi connectivity index (χ3n) is 2.43. The van der Waals surface area contributed by atoms with Crippen LogP contribution in [0.3, 0.4) is 0 Å². The van der Waals surface area contributed by atoms with Crippen LogP contribution in [0.1, 0.15) is 25.8 Å². The molecule has 88 valence electrons. The molecule has 0 aliphatic rings. The number of hydrogen-bond donors (Lipinski definition) is 2. The van der Waals surface area contributed by atoms with Crippen molar-refractivity contribution >= 4 is 11.7 Å². The van der Waals surface area contributed by atoms with E-state index in [9.17, 15) is 13.6 Å². The maximum Gasteiger partial charge on any atom is 0.304 e. The number of aliphatic carboxylic acids is 1. The van der Waals surface area contributed by atoms with Crippen LogP contribution in [0.2, 0.25) is 0 Å². The van der Waals surface area contributed by atoms with E-state index in [1.54, 1.807) is 13.8 Å². The van der Waals surface area contributed by atoms with Crippen LogP contribution in [0.5, 0.6) is 0 Å². The summed E-state index contributed by atoms with van der Waals surface area (Å²) in [6.07, 6.45) is -0.183. The summed E-state index contributed by atoms with van der Waals surface area (Å²) >= 11 is 0. The first-order valence-corrected chi connectivity index (χ1v) is 4.71. The van der Waals surface area contributed by atoms with Gasteiger partial charge in [0.2, 0.25) is 0 Å². The Morgan fingerprint density at radius 2 is 2.00 bits per heavy atom. The monoisotopic (exact) mass is 229 g/mol.